The number of rotatable bonds is 4. The van der Waals surface area contributed by atoms with Crippen molar-refractivity contribution in [2.75, 3.05) is 12.3 Å². The summed E-state index contributed by atoms with van der Waals surface area (Å²) in [5.74, 6) is 0.134. The van der Waals surface area contributed by atoms with Crippen LogP contribution in [-0.4, -0.2) is 28.4 Å². The van der Waals surface area contributed by atoms with Gasteiger partial charge in [0.05, 0.1) is 5.04 Å². The molecule has 0 atom stereocenters. The quantitative estimate of drug-likeness (QED) is 0.643. The van der Waals surface area contributed by atoms with E-state index >= 15 is 0 Å². The smallest absolute Gasteiger partial charge is 0.303 e. The molecule has 68 valence electrons. The van der Waals surface area contributed by atoms with E-state index in [1.54, 1.807) is 11.8 Å². The Morgan fingerprint density at radius 1 is 1.75 bits per heavy atom. The van der Waals surface area contributed by atoms with Gasteiger partial charge < -0.3 is 10.5 Å². The van der Waals surface area contributed by atoms with Crippen LogP contribution < -0.4 is 5.43 Å². The zero-order chi connectivity index (χ0) is 8.81. The third kappa shape index (κ3) is 3.61. The molecule has 0 fully saturated rings. The van der Waals surface area contributed by atoms with E-state index in [0.717, 1.165) is 30.2 Å². The van der Waals surface area contributed by atoms with Crippen molar-refractivity contribution in [1.82, 2.24) is 5.43 Å². The number of nitrogens with zero attached hydrogens (tertiary/aromatic N) is 1. The summed E-state index contributed by atoms with van der Waals surface area (Å²) in [6, 6.07) is 0. The minimum Gasteiger partial charge on any atom is -0.481 e. The maximum Gasteiger partial charge on any atom is 0.303 e. The molecule has 0 saturated heterocycles. The molecule has 1 rings (SSSR count). The average molecular weight is 188 g/mol. The molecule has 0 bridgehead atoms. The van der Waals surface area contributed by atoms with Crippen LogP contribution in [0.2, 0.25) is 0 Å². The summed E-state index contributed by atoms with van der Waals surface area (Å²) in [6.07, 6.45) is 1.96. The predicted octanol–water partition coefficient (Wildman–Crippen LogP) is 0.891. The zero-order valence-electron chi connectivity index (χ0n) is 6.75. The number of carboxylic acids is 1. The van der Waals surface area contributed by atoms with Gasteiger partial charge in [0.25, 0.3) is 0 Å². The van der Waals surface area contributed by atoms with Crippen molar-refractivity contribution in [3.63, 3.8) is 0 Å². The maximum atomic E-state index is 10.1. The highest BCUT2D eigenvalue weighted by Crippen LogP contribution is 2.12. The Morgan fingerprint density at radius 2 is 2.58 bits per heavy atom. The summed E-state index contributed by atoms with van der Waals surface area (Å²) >= 11 is 1.65. The normalized spacial score (nSPS) is 15.5. The van der Waals surface area contributed by atoms with Crippen LogP contribution in [0.15, 0.2) is 5.10 Å². The summed E-state index contributed by atoms with van der Waals surface area (Å²) in [5, 5.41) is 13.5. The zero-order valence-corrected chi connectivity index (χ0v) is 7.56. The van der Waals surface area contributed by atoms with Gasteiger partial charge in [-0.3, -0.25) is 4.79 Å². The number of thioether (sulfide) groups is 1. The van der Waals surface area contributed by atoms with Gasteiger partial charge in [-0.05, 0) is 12.2 Å². The highest BCUT2D eigenvalue weighted by molar-refractivity contribution is 8.13. The second kappa shape index (κ2) is 5.03. The molecule has 12 heavy (non-hydrogen) atoms. The lowest BCUT2D eigenvalue weighted by atomic mass is 10.3. The van der Waals surface area contributed by atoms with Crippen LogP contribution in [0.4, 0.5) is 0 Å². The van der Waals surface area contributed by atoms with Gasteiger partial charge in [-0.1, -0.05) is 0 Å². The van der Waals surface area contributed by atoms with Crippen LogP contribution in [0.5, 0.6) is 0 Å². The van der Waals surface area contributed by atoms with Gasteiger partial charge in [0.15, 0.2) is 0 Å². The number of hydrogen-bond acceptors (Lipinski definition) is 4. The van der Waals surface area contributed by atoms with Gasteiger partial charge in [-0.15, -0.1) is 11.8 Å². The second-order valence-electron chi connectivity index (χ2n) is 2.51. The number of carbonyl (C=O) groups is 1. The molecule has 0 saturated carbocycles. The molecule has 0 amide bonds. The van der Waals surface area contributed by atoms with Gasteiger partial charge in [-0.2, -0.15) is 5.10 Å². The lowest BCUT2D eigenvalue weighted by molar-refractivity contribution is -0.137. The molecule has 0 aromatic heterocycles. The first-order chi connectivity index (χ1) is 5.79. The lowest BCUT2D eigenvalue weighted by Crippen LogP contribution is -1.97. The fourth-order valence-corrected chi connectivity index (χ4v) is 1.78. The summed E-state index contributed by atoms with van der Waals surface area (Å²) in [6.45, 7) is 0.918. The summed E-state index contributed by atoms with van der Waals surface area (Å²) in [4.78, 5) is 10.1. The molecule has 0 aromatic rings. The van der Waals surface area contributed by atoms with Crippen molar-refractivity contribution in [3.05, 3.63) is 0 Å². The number of aliphatic carboxylic acids is 1. The standard InChI is InChI=1S/C7H12N2O2S/c10-7(11)2-1-5-12-6-3-4-8-9-6/h8H,1-5H2,(H,10,11). The van der Waals surface area contributed by atoms with E-state index in [1.165, 1.54) is 0 Å². The molecular formula is C7H12N2O2S. The predicted molar refractivity (Wildman–Crippen MR) is 49.4 cm³/mol. The van der Waals surface area contributed by atoms with Crippen LogP contribution in [-0.2, 0) is 4.79 Å². The highest BCUT2D eigenvalue weighted by Gasteiger charge is 2.06. The largest absolute Gasteiger partial charge is 0.481 e. The molecule has 0 radical (unpaired) electrons. The molecule has 0 spiro atoms. The van der Waals surface area contributed by atoms with Crippen LogP contribution in [0.25, 0.3) is 0 Å². The molecule has 5 heteroatoms. The van der Waals surface area contributed by atoms with E-state index in [1.807, 2.05) is 0 Å². The Bertz CT molecular complexity index is 194. The number of hydrazone groups is 1. The molecular weight excluding hydrogens is 176 g/mol. The Hall–Kier alpha value is -0.710. The SMILES string of the molecule is O=C(O)CCCSC1=NNCC1. The molecule has 4 nitrogen and oxygen atoms in total. The average Bonchev–Trinajstić information content (AvgIpc) is 2.49. The van der Waals surface area contributed by atoms with Crippen molar-refractivity contribution < 1.29 is 9.90 Å². The topological polar surface area (TPSA) is 61.7 Å². The van der Waals surface area contributed by atoms with Gasteiger partial charge in [0.1, 0.15) is 0 Å². The van der Waals surface area contributed by atoms with Crippen molar-refractivity contribution in [2.45, 2.75) is 19.3 Å². The van der Waals surface area contributed by atoms with E-state index < -0.39 is 5.97 Å². The third-order valence-corrected chi connectivity index (χ3v) is 2.58. The Labute approximate surface area is 75.4 Å². The highest BCUT2D eigenvalue weighted by atomic mass is 32.2. The van der Waals surface area contributed by atoms with Crippen molar-refractivity contribution in [1.29, 1.82) is 0 Å². The Kier molecular flexibility index (Phi) is 3.93. The fourth-order valence-electron chi connectivity index (χ4n) is 0.881. The first-order valence-electron chi connectivity index (χ1n) is 3.93. The van der Waals surface area contributed by atoms with Crippen LogP contribution in [0.1, 0.15) is 19.3 Å². The number of hydrogen-bond donors (Lipinski definition) is 2. The maximum absolute atomic E-state index is 10.1. The van der Waals surface area contributed by atoms with E-state index in [0.29, 0.717) is 0 Å². The first-order valence-corrected chi connectivity index (χ1v) is 4.91. The van der Waals surface area contributed by atoms with Crippen LogP contribution in [0, 0.1) is 0 Å². The minimum atomic E-state index is -0.720. The molecule has 1 aliphatic heterocycles. The van der Waals surface area contributed by atoms with Crippen LogP contribution >= 0.6 is 11.8 Å². The Morgan fingerprint density at radius 3 is 3.17 bits per heavy atom. The van der Waals surface area contributed by atoms with E-state index in [-0.39, 0.29) is 6.42 Å². The molecule has 0 aliphatic carbocycles. The van der Waals surface area contributed by atoms with Crippen molar-refractivity contribution >= 4 is 22.8 Å². The van der Waals surface area contributed by atoms with E-state index in [9.17, 15) is 4.79 Å². The monoisotopic (exact) mass is 188 g/mol. The second-order valence-corrected chi connectivity index (χ2v) is 3.68. The minimum absolute atomic E-state index is 0.258. The lowest BCUT2D eigenvalue weighted by Gasteiger charge is -1.96. The van der Waals surface area contributed by atoms with E-state index in [4.69, 9.17) is 5.11 Å². The van der Waals surface area contributed by atoms with Crippen molar-refractivity contribution in [2.24, 2.45) is 5.10 Å². The van der Waals surface area contributed by atoms with Gasteiger partial charge in [0, 0.05) is 19.4 Å². The Balaban J connectivity index is 1.98. The number of carboxylic acid groups (broad SMARTS) is 1. The molecule has 1 heterocycles. The third-order valence-electron chi connectivity index (χ3n) is 1.46. The van der Waals surface area contributed by atoms with Gasteiger partial charge in [-0.25, -0.2) is 0 Å². The fraction of sp³-hybridized carbons (Fsp3) is 0.714. The van der Waals surface area contributed by atoms with E-state index in [2.05, 4.69) is 10.5 Å². The van der Waals surface area contributed by atoms with Crippen LogP contribution in [0.3, 0.4) is 0 Å². The van der Waals surface area contributed by atoms with Gasteiger partial charge in [0.2, 0.25) is 0 Å². The first kappa shape index (κ1) is 9.38. The number of nitrogens with one attached hydrogen (secondary N) is 1. The summed E-state index contributed by atoms with van der Waals surface area (Å²) < 4.78 is 0. The molecule has 0 unspecified atom stereocenters. The van der Waals surface area contributed by atoms with Gasteiger partial charge >= 0.3 is 5.97 Å². The molecule has 2 N–H and O–H groups in total. The van der Waals surface area contributed by atoms with Crippen molar-refractivity contribution in [3.8, 4) is 0 Å². The molecule has 0 aromatic carbocycles. The summed E-state index contributed by atoms with van der Waals surface area (Å²) in [7, 11) is 0. The molecule has 1 aliphatic rings. The summed E-state index contributed by atoms with van der Waals surface area (Å²) in [5.41, 5.74) is 2.87.